The first kappa shape index (κ1) is 10.9. The number of rotatable bonds is 2. The second-order valence-corrected chi connectivity index (χ2v) is 3.90. The lowest BCUT2D eigenvalue weighted by atomic mass is 10.2. The normalized spacial score (nSPS) is 10.1. The molecule has 0 spiro atoms. The Kier molecular flexibility index (Phi) is 2.66. The molecule has 0 bridgehead atoms. The number of nitrogens with two attached hydrogens (primary N) is 4. The van der Waals surface area contributed by atoms with Crippen LogP contribution in [0, 0.1) is 0 Å². The Morgan fingerprint density at radius 2 is 0.824 bits per heavy atom. The molecule has 2 aromatic rings. The van der Waals surface area contributed by atoms with E-state index in [1.54, 1.807) is 36.4 Å². The van der Waals surface area contributed by atoms with E-state index in [-0.39, 0.29) is 0 Å². The van der Waals surface area contributed by atoms with E-state index in [1.807, 2.05) is 0 Å². The molecular weight excluding hydrogens is 214 g/mol. The standard InChI is InChI=1S/C12H15N5/c13-7-1-8(14)4-11(3-7)17-12-5-9(15)2-10(16)6-12/h1-6,17H,13-16H2. The zero-order valence-electron chi connectivity index (χ0n) is 9.27. The number of anilines is 6. The number of nitrogens with one attached hydrogen (secondary N) is 1. The van der Waals surface area contributed by atoms with Crippen molar-refractivity contribution in [2.24, 2.45) is 0 Å². The molecule has 0 aromatic heterocycles. The maximum Gasteiger partial charge on any atom is 0.0425 e. The van der Waals surface area contributed by atoms with Crippen LogP contribution in [0.4, 0.5) is 34.1 Å². The van der Waals surface area contributed by atoms with E-state index in [0.717, 1.165) is 11.4 Å². The third kappa shape index (κ3) is 2.72. The number of benzene rings is 2. The minimum Gasteiger partial charge on any atom is -0.399 e. The molecule has 17 heavy (non-hydrogen) atoms. The molecule has 0 saturated heterocycles. The first-order chi connectivity index (χ1) is 8.02. The van der Waals surface area contributed by atoms with Gasteiger partial charge in [-0.3, -0.25) is 0 Å². The van der Waals surface area contributed by atoms with Crippen molar-refractivity contribution in [3.05, 3.63) is 36.4 Å². The first-order valence-corrected chi connectivity index (χ1v) is 5.12. The van der Waals surface area contributed by atoms with Crippen LogP contribution in [0.1, 0.15) is 0 Å². The summed E-state index contributed by atoms with van der Waals surface area (Å²) in [5, 5.41) is 3.15. The summed E-state index contributed by atoms with van der Waals surface area (Å²) >= 11 is 0. The van der Waals surface area contributed by atoms with Gasteiger partial charge in [0.15, 0.2) is 0 Å². The van der Waals surface area contributed by atoms with Crippen LogP contribution in [-0.4, -0.2) is 0 Å². The van der Waals surface area contributed by atoms with E-state index >= 15 is 0 Å². The van der Waals surface area contributed by atoms with Gasteiger partial charge in [-0.15, -0.1) is 0 Å². The average molecular weight is 229 g/mol. The molecule has 0 aliphatic carbocycles. The van der Waals surface area contributed by atoms with Crippen LogP contribution in [0.5, 0.6) is 0 Å². The number of hydrogen-bond acceptors (Lipinski definition) is 5. The summed E-state index contributed by atoms with van der Waals surface area (Å²) in [6.45, 7) is 0. The molecule has 5 heteroatoms. The lowest BCUT2D eigenvalue weighted by Crippen LogP contribution is -1.97. The van der Waals surface area contributed by atoms with Gasteiger partial charge in [0.25, 0.3) is 0 Å². The van der Waals surface area contributed by atoms with Gasteiger partial charge in [0.2, 0.25) is 0 Å². The summed E-state index contributed by atoms with van der Waals surface area (Å²) in [6.07, 6.45) is 0. The van der Waals surface area contributed by atoms with E-state index in [9.17, 15) is 0 Å². The molecule has 0 unspecified atom stereocenters. The van der Waals surface area contributed by atoms with Crippen molar-refractivity contribution in [3.8, 4) is 0 Å². The molecule has 0 fully saturated rings. The second kappa shape index (κ2) is 4.13. The van der Waals surface area contributed by atoms with Gasteiger partial charge < -0.3 is 28.3 Å². The Balaban J connectivity index is 2.31. The molecule has 2 aromatic carbocycles. The molecule has 5 nitrogen and oxygen atoms in total. The van der Waals surface area contributed by atoms with Crippen molar-refractivity contribution in [2.75, 3.05) is 28.3 Å². The highest BCUT2D eigenvalue weighted by Gasteiger charge is 2.00. The lowest BCUT2D eigenvalue weighted by molar-refractivity contribution is 1.54. The van der Waals surface area contributed by atoms with E-state index in [2.05, 4.69) is 5.32 Å². The van der Waals surface area contributed by atoms with Crippen LogP contribution in [0.3, 0.4) is 0 Å². The van der Waals surface area contributed by atoms with Gasteiger partial charge in [0.1, 0.15) is 0 Å². The minimum atomic E-state index is 0.601. The van der Waals surface area contributed by atoms with Gasteiger partial charge in [-0.2, -0.15) is 0 Å². The van der Waals surface area contributed by atoms with Crippen LogP contribution in [0.25, 0.3) is 0 Å². The topological polar surface area (TPSA) is 116 Å². The van der Waals surface area contributed by atoms with Crippen LogP contribution in [-0.2, 0) is 0 Å². The Bertz CT molecular complexity index is 461. The van der Waals surface area contributed by atoms with Crippen molar-refractivity contribution in [1.29, 1.82) is 0 Å². The molecule has 88 valence electrons. The maximum atomic E-state index is 5.70. The van der Waals surface area contributed by atoms with Gasteiger partial charge in [0.05, 0.1) is 0 Å². The highest BCUT2D eigenvalue weighted by Crippen LogP contribution is 2.25. The fourth-order valence-electron chi connectivity index (χ4n) is 1.66. The minimum absolute atomic E-state index is 0.601. The fraction of sp³-hybridized carbons (Fsp3) is 0. The summed E-state index contributed by atoms with van der Waals surface area (Å²) in [6, 6.07) is 10.5. The fourth-order valence-corrected chi connectivity index (χ4v) is 1.66. The highest BCUT2D eigenvalue weighted by molar-refractivity contribution is 5.73. The molecule has 9 N–H and O–H groups in total. The van der Waals surface area contributed by atoms with Gasteiger partial charge in [-0.25, -0.2) is 0 Å². The Morgan fingerprint density at radius 1 is 0.529 bits per heavy atom. The van der Waals surface area contributed by atoms with Crippen molar-refractivity contribution >= 4 is 34.1 Å². The van der Waals surface area contributed by atoms with E-state index in [0.29, 0.717) is 22.7 Å². The van der Waals surface area contributed by atoms with Crippen LogP contribution >= 0.6 is 0 Å². The third-order valence-corrected chi connectivity index (χ3v) is 2.24. The molecule has 0 saturated carbocycles. The second-order valence-electron chi connectivity index (χ2n) is 3.90. The van der Waals surface area contributed by atoms with Crippen LogP contribution < -0.4 is 28.3 Å². The number of nitrogen functional groups attached to an aromatic ring is 4. The quantitative estimate of drug-likeness (QED) is 0.503. The molecule has 2 rings (SSSR count). The van der Waals surface area contributed by atoms with Gasteiger partial charge >= 0.3 is 0 Å². The Morgan fingerprint density at radius 3 is 1.12 bits per heavy atom. The zero-order chi connectivity index (χ0) is 12.4. The first-order valence-electron chi connectivity index (χ1n) is 5.12. The summed E-state index contributed by atoms with van der Waals surface area (Å²) in [5.41, 5.74) is 26.8. The molecule has 0 atom stereocenters. The smallest absolute Gasteiger partial charge is 0.0425 e. The summed E-state index contributed by atoms with van der Waals surface area (Å²) in [4.78, 5) is 0. The van der Waals surface area contributed by atoms with E-state index < -0.39 is 0 Å². The summed E-state index contributed by atoms with van der Waals surface area (Å²) < 4.78 is 0. The van der Waals surface area contributed by atoms with Gasteiger partial charge in [0, 0.05) is 34.1 Å². The van der Waals surface area contributed by atoms with Crippen molar-refractivity contribution in [2.45, 2.75) is 0 Å². The largest absolute Gasteiger partial charge is 0.399 e. The van der Waals surface area contributed by atoms with E-state index in [1.165, 1.54) is 0 Å². The highest BCUT2D eigenvalue weighted by atomic mass is 14.9. The number of hydrogen-bond donors (Lipinski definition) is 5. The monoisotopic (exact) mass is 229 g/mol. The predicted molar refractivity (Wildman–Crippen MR) is 73.8 cm³/mol. The molecule has 0 radical (unpaired) electrons. The molecule has 0 heterocycles. The third-order valence-electron chi connectivity index (χ3n) is 2.24. The molecular formula is C12H15N5. The van der Waals surface area contributed by atoms with Crippen molar-refractivity contribution in [1.82, 2.24) is 0 Å². The van der Waals surface area contributed by atoms with Crippen LogP contribution in [0.2, 0.25) is 0 Å². The van der Waals surface area contributed by atoms with E-state index in [4.69, 9.17) is 22.9 Å². The average Bonchev–Trinajstić information content (AvgIpc) is 2.13. The Hall–Kier alpha value is -2.56. The van der Waals surface area contributed by atoms with Gasteiger partial charge in [-0.1, -0.05) is 0 Å². The molecule has 0 aliphatic heterocycles. The Labute approximate surface area is 99.4 Å². The zero-order valence-corrected chi connectivity index (χ0v) is 9.27. The molecule has 0 aliphatic rings. The van der Waals surface area contributed by atoms with Crippen LogP contribution in [0.15, 0.2) is 36.4 Å². The van der Waals surface area contributed by atoms with Crippen molar-refractivity contribution < 1.29 is 0 Å². The SMILES string of the molecule is Nc1cc(N)cc(Nc2cc(N)cc(N)c2)c1. The lowest BCUT2D eigenvalue weighted by Gasteiger charge is -2.10. The summed E-state index contributed by atoms with van der Waals surface area (Å²) in [5.74, 6) is 0. The molecule has 0 amide bonds. The predicted octanol–water partition coefficient (Wildman–Crippen LogP) is 1.76. The summed E-state index contributed by atoms with van der Waals surface area (Å²) in [7, 11) is 0. The maximum absolute atomic E-state index is 5.70. The van der Waals surface area contributed by atoms with Crippen molar-refractivity contribution in [3.63, 3.8) is 0 Å². The van der Waals surface area contributed by atoms with Gasteiger partial charge in [-0.05, 0) is 36.4 Å².